The first kappa shape index (κ1) is 21.8. The van der Waals surface area contributed by atoms with Crippen molar-refractivity contribution in [1.82, 2.24) is 0 Å². The third kappa shape index (κ3) is 5.40. The molecule has 4 heteroatoms. The largest absolute Gasteiger partial charge is 1.00 e. The van der Waals surface area contributed by atoms with Gasteiger partial charge in [0.15, 0.2) is 0 Å². The van der Waals surface area contributed by atoms with Gasteiger partial charge in [-0.15, -0.1) is 0 Å². The molecule has 0 N–H and O–H groups in total. The maximum Gasteiger partial charge on any atom is -1.00 e. The maximum atomic E-state index is 5.77. The van der Waals surface area contributed by atoms with Crippen LogP contribution in [0.15, 0.2) is 12.1 Å². The van der Waals surface area contributed by atoms with Gasteiger partial charge in [-0.3, -0.25) is 0 Å². The van der Waals surface area contributed by atoms with Gasteiger partial charge in [0, 0.05) is 0 Å². The van der Waals surface area contributed by atoms with Gasteiger partial charge in [0.05, 0.1) is 0 Å². The van der Waals surface area contributed by atoms with E-state index in [0.717, 1.165) is 30.9 Å². The summed E-state index contributed by atoms with van der Waals surface area (Å²) >= 11 is 1.10. The molecular weight excluding hydrogens is 358 g/mol. The first-order valence-electron chi connectivity index (χ1n) is 6.06. The third-order valence-corrected chi connectivity index (χ3v) is 3.45. The van der Waals surface area contributed by atoms with Crippen LogP contribution < -0.4 is 27.6 Å². The molecule has 0 saturated heterocycles. The van der Waals surface area contributed by atoms with Crippen LogP contribution in [0.25, 0.3) is 0 Å². The Hall–Kier alpha value is 0.483. The second-order valence-corrected chi connectivity index (χ2v) is 7.29. The topological polar surface area (TPSA) is 9.23 Å². The minimum atomic E-state index is 0. The molecule has 0 saturated carbocycles. The number of rotatable bonds is 1. The molecule has 1 rings (SSSR count). The van der Waals surface area contributed by atoms with Gasteiger partial charge in [0.2, 0.25) is 0 Å². The van der Waals surface area contributed by atoms with Gasteiger partial charge in [0.1, 0.15) is 0 Å². The van der Waals surface area contributed by atoms with E-state index in [1.807, 2.05) is 0 Å². The third-order valence-electron chi connectivity index (χ3n) is 2.95. The van der Waals surface area contributed by atoms with Crippen molar-refractivity contribution < 1.29 is 52.8 Å². The van der Waals surface area contributed by atoms with Crippen molar-refractivity contribution in [1.29, 1.82) is 0 Å². The quantitative estimate of drug-likeness (QED) is 0.572. The summed E-state index contributed by atoms with van der Waals surface area (Å²) in [4.78, 5) is 0. The molecule has 1 aromatic rings. The van der Waals surface area contributed by atoms with Gasteiger partial charge in [0.25, 0.3) is 0 Å². The smallest absolute Gasteiger partial charge is 1.00 e. The molecule has 0 aliphatic rings. The van der Waals surface area contributed by atoms with Gasteiger partial charge >= 0.3 is 122 Å². The molecule has 0 spiro atoms. The average molecular weight is 381 g/mol. The molecule has 1 nitrogen and oxygen atoms in total. The number of benzene rings is 1. The molecular formula is C15H23Cl2OZr. The van der Waals surface area contributed by atoms with Gasteiger partial charge in [-0.2, -0.15) is 0 Å². The number of hydrogen-bond acceptors (Lipinski definition) is 1. The summed E-state index contributed by atoms with van der Waals surface area (Å²) in [7, 11) is 0. The Morgan fingerprint density at radius 1 is 0.842 bits per heavy atom. The molecule has 0 radical (unpaired) electrons. The number of halogens is 2. The average Bonchev–Trinajstić information content (AvgIpc) is 2.13. The van der Waals surface area contributed by atoms with Gasteiger partial charge < -0.3 is 24.8 Å². The Bertz CT molecular complexity index is 382. The predicted octanol–water partition coefficient (Wildman–Crippen LogP) is -1.56. The monoisotopic (exact) mass is 379 g/mol. The Labute approximate surface area is 146 Å². The van der Waals surface area contributed by atoms with Crippen molar-refractivity contribution in [2.24, 2.45) is 0 Å². The van der Waals surface area contributed by atoms with Crippen molar-refractivity contribution >= 4 is 0 Å². The van der Waals surface area contributed by atoms with Crippen LogP contribution in [0.4, 0.5) is 0 Å². The minimum Gasteiger partial charge on any atom is -1.00 e. The fourth-order valence-electron chi connectivity index (χ4n) is 2.00. The van der Waals surface area contributed by atoms with Crippen LogP contribution in [0, 0.1) is 6.92 Å². The van der Waals surface area contributed by atoms with E-state index >= 15 is 0 Å². The molecule has 0 amide bonds. The normalized spacial score (nSPS) is 11.4. The number of aryl methyl sites for hydroxylation is 1. The molecule has 1 aromatic carbocycles. The standard InChI is InChI=1S/C15H24O.2ClH.Zr/c1-10-8-11(14(2,3)4)13(16)12(9-10)15(5,6)7;;;/h8-9,16H,1-7H3;2*1H;/q;;;+3/p-3. The second kappa shape index (κ2) is 7.48. The summed E-state index contributed by atoms with van der Waals surface area (Å²) < 4.78 is 5.77. The molecule has 0 aliphatic carbocycles. The van der Waals surface area contributed by atoms with E-state index in [0.29, 0.717) is 0 Å². The van der Waals surface area contributed by atoms with E-state index in [1.165, 1.54) is 16.7 Å². The number of hydrogen-bond donors (Lipinski definition) is 0. The predicted molar refractivity (Wildman–Crippen MR) is 69.2 cm³/mol. The van der Waals surface area contributed by atoms with E-state index in [9.17, 15) is 0 Å². The molecule has 0 aliphatic heterocycles. The van der Waals surface area contributed by atoms with Crippen LogP contribution in [0.1, 0.15) is 58.2 Å². The minimum absolute atomic E-state index is 0. The van der Waals surface area contributed by atoms with Crippen LogP contribution in [-0.4, -0.2) is 0 Å². The van der Waals surface area contributed by atoms with Crippen LogP contribution in [0.2, 0.25) is 0 Å². The zero-order valence-electron chi connectivity index (χ0n) is 12.8. The Balaban J connectivity index is 0. The van der Waals surface area contributed by atoms with E-state index in [4.69, 9.17) is 2.81 Å². The fraction of sp³-hybridized carbons (Fsp3) is 0.600. The SMILES string of the molecule is Cc1cc(C(C)(C)C)c([O][Zr+2])c(C(C)(C)C)c1.[Cl-].[Cl-]. The van der Waals surface area contributed by atoms with Crippen molar-refractivity contribution in [2.75, 3.05) is 0 Å². The van der Waals surface area contributed by atoms with Crippen LogP contribution in [-0.2, 0) is 36.0 Å². The summed E-state index contributed by atoms with van der Waals surface area (Å²) in [6.07, 6.45) is 0. The molecule has 0 fully saturated rings. The Kier molecular flexibility index (Phi) is 8.57. The summed E-state index contributed by atoms with van der Waals surface area (Å²) in [5, 5.41) is 0. The first-order valence-corrected chi connectivity index (χ1v) is 7.07. The van der Waals surface area contributed by atoms with Gasteiger partial charge in [-0.05, 0) is 0 Å². The summed E-state index contributed by atoms with van der Waals surface area (Å²) in [6.45, 7) is 15.6. The molecule has 0 atom stereocenters. The Morgan fingerprint density at radius 3 is 1.37 bits per heavy atom. The molecule has 0 heterocycles. The van der Waals surface area contributed by atoms with Crippen LogP contribution in [0.3, 0.4) is 0 Å². The molecule has 0 aromatic heterocycles. The molecule has 107 valence electrons. The van der Waals surface area contributed by atoms with Gasteiger partial charge in [-0.1, -0.05) is 0 Å². The zero-order valence-corrected chi connectivity index (χ0v) is 16.8. The molecule has 0 unspecified atom stereocenters. The van der Waals surface area contributed by atoms with Crippen molar-refractivity contribution in [2.45, 2.75) is 59.3 Å². The van der Waals surface area contributed by atoms with Gasteiger partial charge in [-0.25, -0.2) is 0 Å². The van der Waals surface area contributed by atoms with Crippen LogP contribution >= 0.6 is 0 Å². The maximum absolute atomic E-state index is 5.77. The van der Waals surface area contributed by atoms with E-state index in [1.54, 1.807) is 0 Å². The van der Waals surface area contributed by atoms with Crippen molar-refractivity contribution in [3.63, 3.8) is 0 Å². The van der Waals surface area contributed by atoms with E-state index in [2.05, 4.69) is 60.6 Å². The van der Waals surface area contributed by atoms with Crippen molar-refractivity contribution in [3.8, 4) is 5.75 Å². The zero-order chi connectivity index (χ0) is 13.4. The summed E-state index contributed by atoms with van der Waals surface area (Å²) in [6, 6.07) is 4.52. The fourth-order valence-corrected chi connectivity index (χ4v) is 2.54. The van der Waals surface area contributed by atoms with E-state index < -0.39 is 0 Å². The second-order valence-electron chi connectivity index (χ2n) is 6.79. The molecule has 19 heavy (non-hydrogen) atoms. The van der Waals surface area contributed by atoms with E-state index in [-0.39, 0.29) is 35.6 Å². The Morgan fingerprint density at radius 2 is 1.16 bits per heavy atom. The van der Waals surface area contributed by atoms with Crippen molar-refractivity contribution in [3.05, 3.63) is 28.8 Å². The van der Waals surface area contributed by atoms with Crippen LogP contribution in [0.5, 0.6) is 5.75 Å². The first-order chi connectivity index (χ1) is 7.57. The molecule has 0 bridgehead atoms. The summed E-state index contributed by atoms with van der Waals surface area (Å²) in [5.41, 5.74) is 4.20. The summed E-state index contributed by atoms with van der Waals surface area (Å²) in [5.74, 6) is 1.09.